The molecule has 0 spiro atoms. The van der Waals surface area contributed by atoms with E-state index in [-0.39, 0.29) is 16.7 Å². The van der Waals surface area contributed by atoms with Crippen molar-refractivity contribution in [3.05, 3.63) is 43.8 Å². The second-order valence-electron chi connectivity index (χ2n) is 3.58. The minimum Gasteiger partial charge on any atom is -0.432 e. The molecule has 2 aromatic rings. The van der Waals surface area contributed by atoms with E-state index in [0.29, 0.717) is 4.47 Å². The first-order valence-corrected chi connectivity index (χ1v) is 6.40. The third kappa shape index (κ3) is 3.35. The number of hydrogen-bond donors (Lipinski definition) is 2. The smallest absolute Gasteiger partial charge is 0.349 e. The maximum absolute atomic E-state index is 13.4. The molecule has 0 unspecified atom stereocenters. The average Bonchev–Trinajstić information content (AvgIpc) is 2.44. The van der Waals surface area contributed by atoms with Crippen LogP contribution in [0.1, 0.15) is 0 Å². The predicted octanol–water partition coefficient (Wildman–Crippen LogP) is 3.02. The SMILES string of the molecule is NNc1ncc([N+](=O)[O-])c(Oc2cc(F)c(Cl)cc2Br)n1. The molecular weight excluding hydrogens is 372 g/mol. The van der Waals surface area contributed by atoms with Crippen molar-refractivity contribution in [2.75, 3.05) is 5.43 Å². The molecule has 11 heteroatoms. The Bertz CT molecular complexity index is 717. The molecule has 1 heterocycles. The topological polar surface area (TPSA) is 116 Å². The summed E-state index contributed by atoms with van der Waals surface area (Å²) < 4.78 is 19.0. The van der Waals surface area contributed by atoms with Gasteiger partial charge in [0.15, 0.2) is 0 Å². The lowest BCUT2D eigenvalue weighted by Gasteiger charge is -2.08. The number of hydrazine groups is 1. The average molecular weight is 379 g/mol. The summed E-state index contributed by atoms with van der Waals surface area (Å²) >= 11 is 8.70. The van der Waals surface area contributed by atoms with Crippen molar-refractivity contribution in [2.24, 2.45) is 5.84 Å². The van der Waals surface area contributed by atoms with E-state index in [9.17, 15) is 14.5 Å². The van der Waals surface area contributed by atoms with Crippen molar-refractivity contribution >= 4 is 39.2 Å². The Kier molecular flexibility index (Phi) is 4.50. The second-order valence-corrected chi connectivity index (χ2v) is 4.85. The zero-order chi connectivity index (χ0) is 15.6. The molecule has 0 amide bonds. The van der Waals surface area contributed by atoms with Gasteiger partial charge in [0.05, 0.1) is 14.4 Å². The van der Waals surface area contributed by atoms with Crippen LogP contribution in [-0.4, -0.2) is 14.9 Å². The van der Waals surface area contributed by atoms with Gasteiger partial charge < -0.3 is 4.74 Å². The van der Waals surface area contributed by atoms with E-state index >= 15 is 0 Å². The molecule has 21 heavy (non-hydrogen) atoms. The molecule has 0 atom stereocenters. The number of halogens is 3. The van der Waals surface area contributed by atoms with Gasteiger partial charge in [0.2, 0.25) is 5.95 Å². The van der Waals surface area contributed by atoms with Crippen molar-refractivity contribution in [3.63, 3.8) is 0 Å². The summed E-state index contributed by atoms with van der Waals surface area (Å²) in [6, 6.07) is 2.22. The Morgan fingerprint density at radius 2 is 2.24 bits per heavy atom. The first-order chi connectivity index (χ1) is 9.92. The number of nitrogens with zero attached hydrogens (tertiary/aromatic N) is 3. The summed E-state index contributed by atoms with van der Waals surface area (Å²) in [5.41, 5.74) is 1.62. The van der Waals surface area contributed by atoms with Crippen molar-refractivity contribution < 1.29 is 14.1 Å². The van der Waals surface area contributed by atoms with Crippen LogP contribution in [0, 0.1) is 15.9 Å². The van der Waals surface area contributed by atoms with E-state index in [1.165, 1.54) is 6.07 Å². The summed E-state index contributed by atoms with van der Waals surface area (Å²) in [4.78, 5) is 17.5. The molecule has 0 aliphatic heterocycles. The monoisotopic (exact) mass is 377 g/mol. The highest BCUT2D eigenvalue weighted by Crippen LogP contribution is 2.36. The molecule has 1 aromatic carbocycles. The number of anilines is 1. The van der Waals surface area contributed by atoms with Gasteiger partial charge in [-0.15, -0.1) is 0 Å². The zero-order valence-corrected chi connectivity index (χ0v) is 12.4. The number of nitrogens with two attached hydrogens (primary N) is 1. The predicted molar refractivity (Wildman–Crippen MR) is 75.7 cm³/mol. The highest BCUT2D eigenvalue weighted by molar-refractivity contribution is 9.10. The fourth-order valence-corrected chi connectivity index (χ4v) is 2.04. The summed E-state index contributed by atoms with van der Waals surface area (Å²) in [7, 11) is 0. The lowest BCUT2D eigenvalue weighted by Crippen LogP contribution is -2.11. The summed E-state index contributed by atoms with van der Waals surface area (Å²) in [5, 5.41) is 10.8. The molecule has 0 saturated heterocycles. The largest absolute Gasteiger partial charge is 0.432 e. The number of nitrogen functional groups attached to an aromatic ring is 1. The minimum atomic E-state index is -0.747. The lowest BCUT2D eigenvalue weighted by molar-refractivity contribution is -0.386. The Hall–Kier alpha value is -2.04. The van der Waals surface area contributed by atoms with E-state index in [0.717, 1.165) is 12.3 Å². The summed E-state index contributed by atoms with van der Waals surface area (Å²) in [5.74, 6) is 3.84. The van der Waals surface area contributed by atoms with Gasteiger partial charge in [0, 0.05) is 6.07 Å². The van der Waals surface area contributed by atoms with E-state index in [2.05, 4.69) is 31.3 Å². The maximum atomic E-state index is 13.4. The van der Waals surface area contributed by atoms with E-state index in [1.807, 2.05) is 0 Å². The minimum absolute atomic E-state index is 0.0401. The molecule has 0 radical (unpaired) electrons. The third-order valence-electron chi connectivity index (χ3n) is 2.24. The van der Waals surface area contributed by atoms with Crippen molar-refractivity contribution in [1.82, 2.24) is 9.97 Å². The Morgan fingerprint density at radius 1 is 1.52 bits per heavy atom. The normalized spacial score (nSPS) is 10.3. The fourth-order valence-electron chi connectivity index (χ4n) is 1.32. The molecule has 0 saturated carbocycles. The molecule has 0 aliphatic carbocycles. The van der Waals surface area contributed by atoms with Crippen LogP contribution in [0.25, 0.3) is 0 Å². The standard InChI is InChI=1S/C10H6BrClFN5O3/c11-4-1-5(12)6(13)2-8(4)21-9-7(18(19)20)3-15-10(16-9)17-14/h1-3H,14H2,(H,15,16,17). The van der Waals surface area contributed by atoms with Crippen LogP contribution in [0.2, 0.25) is 5.02 Å². The Morgan fingerprint density at radius 3 is 2.86 bits per heavy atom. The van der Waals surface area contributed by atoms with Crippen LogP contribution in [0.4, 0.5) is 16.0 Å². The molecule has 1 aromatic heterocycles. The maximum Gasteiger partial charge on any atom is 0.349 e. The van der Waals surface area contributed by atoms with Crippen LogP contribution in [-0.2, 0) is 0 Å². The van der Waals surface area contributed by atoms with E-state index < -0.39 is 22.3 Å². The first-order valence-electron chi connectivity index (χ1n) is 5.23. The number of benzene rings is 1. The van der Waals surface area contributed by atoms with Gasteiger partial charge in [-0.2, -0.15) is 4.98 Å². The summed E-state index contributed by atoms with van der Waals surface area (Å²) in [6.45, 7) is 0. The number of nitrogens with one attached hydrogen (secondary N) is 1. The third-order valence-corrected chi connectivity index (χ3v) is 3.15. The van der Waals surface area contributed by atoms with Gasteiger partial charge in [0.25, 0.3) is 0 Å². The fraction of sp³-hybridized carbons (Fsp3) is 0. The quantitative estimate of drug-likeness (QED) is 0.363. The Balaban J connectivity index is 2.47. The molecule has 110 valence electrons. The van der Waals surface area contributed by atoms with Crippen LogP contribution in [0.3, 0.4) is 0 Å². The van der Waals surface area contributed by atoms with Gasteiger partial charge in [0.1, 0.15) is 17.8 Å². The first kappa shape index (κ1) is 15.4. The van der Waals surface area contributed by atoms with Crippen LogP contribution in [0.15, 0.2) is 22.8 Å². The van der Waals surface area contributed by atoms with Crippen molar-refractivity contribution in [2.45, 2.75) is 0 Å². The number of nitro groups is 1. The molecule has 8 nitrogen and oxygen atoms in total. The highest BCUT2D eigenvalue weighted by Gasteiger charge is 2.21. The summed E-state index contributed by atoms with van der Waals surface area (Å²) in [6.07, 6.45) is 0.914. The van der Waals surface area contributed by atoms with Crippen molar-refractivity contribution in [3.8, 4) is 11.6 Å². The zero-order valence-electron chi connectivity index (χ0n) is 10.0. The van der Waals surface area contributed by atoms with Crippen LogP contribution in [0.5, 0.6) is 11.6 Å². The van der Waals surface area contributed by atoms with E-state index in [1.54, 1.807) is 0 Å². The van der Waals surface area contributed by atoms with Crippen molar-refractivity contribution in [1.29, 1.82) is 0 Å². The van der Waals surface area contributed by atoms with Crippen LogP contribution >= 0.6 is 27.5 Å². The molecule has 2 rings (SSSR count). The van der Waals surface area contributed by atoms with Gasteiger partial charge in [-0.25, -0.2) is 15.2 Å². The van der Waals surface area contributed by atoms with Gasteiger partial charge in [-0.05, 0) is 22.0 Å². The molecular formula is C10H6BrClFN5O3. The number of hydrogen-bond acceptors (Lipinski definition) is 7. The van der Waals surface area contributed by atoms with Gasteiger partial charge >= 0.3 is 11.6 Å². The molecule has 3 N–H and O–H groups in total. The Labute approximate surface area is 130 Å². The highest BCUT2D eigenvalue weighted by atomic mass is 79.9. The molecule has 0 bridgehead atoms. The lowest BCUT2D eigenvalue weighted by atomic mass is 10.3. The van der Waals surface area contributed by atoms with E-state index in [4.69, 9.17) is 22.2 Å². The molecule has 0 aliphatic rings. The second kappa shape index (κ2) is 6.16. The van der Waals surface area contributed by atoms with Crippen LogP contribution < -0.4 is 16.0 Å². The van der Waals surface area contributed by atoms with Gasteiger partial charge in [-0.1, -0.05) is 11.6 Å². The van der Waals surface area contributed by atoms with Gasteiger partial charge in [-0.3, -0.25) is 15.5 Å². The number of aromatic nitrogens is 2. The number of rotatable bonds is 4. The molecule has 0 fully saturated rings. The number of ether oxygens (including phenoxy) is 1.